The van der Waals surface area contributed by atoms with Crippen LogP contribution in [-0.2, 0) is 9.53 Å². The van der Waals surface area contributed by atoms with Crippen LogP contribution in [0, 0.1) is 16.0 Å². The first-order chi connectivity index (χ1) is 10.5. The second-order valence-corrected chi connectivity index (χ2v) is 5.54. The summed E-state index contributed by atoms with van der Waals surface area (Å²) >= 11 is 0. The molecule has 6 nitrogen and oxygen atoms in total. The van der Waals surface area contributed by atoms with Crippen LogP contribution in [0.15, 0.2) is 30.3 Å². The average Bonchev–Trinajstić information content (AvgIpc) is 2.51. The van der Waals surface area contributed by atoms with E-state index in [0.29, 0.717) is 18.6 Å². The molecule has 0 saturated carbocycles. The van der Waals surface area contributed by atoms with Crippen molar-refractivity contribution in [2.24, 2.45) is 5.92 Å². The highest BCUT2D eigenvalue weighted by Crippen LogP contribution is 2.25. The minimum Gasteiger partial charge on any atom is -0.468 e. The van der Waals surface area contributed by atoms with Gasteiger partial charge in [0, 0.05) is 23.2 Å². The zero-order chi connectivity index (χ0) is 16.1. The van der Waals surface area contributed by atoms with Crippen molar-refractivity contribution < 1.29 is 14.5 Å². The van der Waals surface area contributed by atoms with Gasteiger partial charge in [-0.25, -0.2) is 0 Å². The lowest BCUT2D eigenvalue weighted by Gasteiger charge is -2.16. The van der Waals surface area contributed by atoms with Gasteiger partial charge in [0.25, 0.3) is 12.2 Å². The van der Waals surface area contributed by atoms with Crippen molar-refractivity contribution in [3.63, 3.8) is 0 Å². The molecule has 2 aromatic rings. The van der Waals surface area contributed by atoms with Gasteiger partial charge in [-0.2, -0.15) is 0 Å². The molecular formula is C16H18N2O4. The zero-order valence-corrected chi connectivity index (χ0v) is 12.6. The summed E-state index contributed by atoms with van der Waals surface area (Å²) in [6, 6.07) is 8.53. The molecule has 22 heavy (non-hydrogen) atoms. The molecule has 0 bridgehead atoms. The van der Waals surface area contributed by atoms with E-state index in [1.807, 2.05) is 26.0 Å². The van der Waals surface area contributed by atoms with E-state index in [-0.39, 0.29) is 17.5 Å². The Kier molecular flexibility index (Phi) is 5.04. The molecule has 2 unspecified atom stereocenters. The number of nitro benzene ring substituents is 1. The van der Waals surface area contributed by atoms with Gasteiger partial charge in [-0.1, -0.05) is 19.9 Å². The fraction of sp³-hybridized carbons (Fsp3) is 0.375. The second kappa shape index (κ2) is 6.98. The lowest BCUT2D eigenvalue weighted by atomic mass is 9.94. The van der Waals surface area contributed by atoms with Gasteiger partial charge in [0.15, 0.2) is 0 Å². The number of rotatable bonds is 7. The molecule has 0 fully saturated rings. The number of hydrogen-bond acceptors (Lipinski definition) is 5. The van der Waals surface area contributed by atoms with E-state index in [9.17, 15) is 14.9 Å². The SMILES string of the molecule is CC(COC=O)CC(C)c1ccc2ccc([N+](=O)[O-])cc2n1. The number of hydrogen-bond donors (Lipinski definition) is 0. The molecule has 0 aliphatic carbocycles. The quantitative estimate of drug-likeness (QED) is 0.444. The molecule has 0 amide bonds. The lowest BCUT2D eigenvalue weighted by Crippen LogP contribution is -2.09. The van der Waals surface area contributed by atoms with Crippen LogP contribution in [0.1, 0.15) is 31.9 Å². The van der Waals surface area contributed by atoms with Crippen molar-refractivity contribution >= 4 is 23.1 Å². The van der Waals surface area contributed by atoms with E-state index in [1.54, 1.807) is 6.07 Å². The third kappa shape index (κ3) is 3.78. The van der Waals surface area contributed by atoms with Gasteiger partial charge in [-0.3, -0.25) is 19.9 Å². The van der Waals surface area contributed by atoms with Crippen LogP contribution in [0.5, 0.6) is 0 Å². The molecule has 1 aromatic carbocycles. The van der Waals surface area contributed by atoms with Gasteiger partial charge in [0.1, 0.15) is 0 Å². The number of ether oxygens (including phenoxy) is 1. The van der Waals surface area contributed by atoms with E-state index >= 15 is 0 Å². The Bertz CT molecular complexity index is 687. The van der Waals surface area contributed by atoms with Crippen LogP contribution in [0.2, 0.25) is 0 Å². The first kappa shape index (κ1) is 15.9. The summed E-state index contributed by atoms with van der Waals surface area (Å²) in [6.07, 6.45) is 0.821. The predicted octanol–water partition coefficient (Wildman–Crippen LogP) is 3.45. The summed E-state index contributed by atoms with van der Waals surface area (Å²) in [5.41, 5.74) is 1.54. The number of carbonyl (C=O) groups is 1. The molecule has 2 rings (SSSR count). The topological polar surface area (TPSA) is 82.3 Å². The highest BCUT2D eigenvalue weighted by atomic mass is 16.6. The van der Waals surface area contributed by atoms with Crippen molar-refractivity contribution in [1.29, 1.82) is 0 Å². The second-order valence-electron chi connectivity index (χ2n) is 5.54. The summed E-state index contributed by atoms with van der Waals surface area (Å²) in [7, 11) is 0. The largest absolute Gasteiger partial charge is 0.468 e. The number of nitrogens with zero attached hydrogens (tertiary/aromatic N) is 2. The van der Waals surface area contributed by atoms with Crippen LogP contribution < -0.4 is 0 Å². The van der Waals surface area contributed by atoms with Crippen LogP contribution in [0.3, 0.4) is 0 Å². The van der Waals surface area contributed by atoms with Gasteiger partial charge in [-0.15, -0.1) is 0 Å². The third-order valence-electron chi connectivity index (χ3n) is 3.62. The normalized spacial score (nSPS) is 13.5. The Hall–Kier alpha value is -2.50. The minimum atomic E-state index is -0.421. The molecule has 0 N–H and O–H groups in total. The fourth-order valence-corrected chi connectivity index (χ4v) is 2.51. The number of fused-ring (bicyclic) bond motifs is 1. The molecule has 1 heterocycles. The summed E-state index contributed by atoms with van der Waals surface area (Å²) in [5, 5.41) is 11.7. The molecule has 116 valence electrons. The van der Waals surface area contributed by atoms with E-state index in [0.717, 1.165) is 17.5 Å². The molecule has 0 spiro atoms. The average molecular weight is 302 g/mol. The van der Waals surface area contributed by atoms with Crippen molar-refractivity contribution in [3.8, 4) is 0 Å². The summed E-state index contributed by atoms with van der Waals surface area (Å²) in [5.74, 6) is 0.400. The number of carbonyl (C=O) groups excluding carboxylic acids is 1. The van der Waals surface area contributed by atoms with Gasteiger partial charge in [0.05, 0.1) is 17.0 Å². The Morgan fingerprint density at radius 2 is 2.05 bits per heavy atom. The number of aromatic nitrogens is 1. The summed E-state index contributed by atoms with van der Waals surface area (Å²) < 4.78 is 4.77. The first-order valence-corrected chi connectivity index (χ1v) is 7.11. The Morgan fingerprint density at radius 1 is 1.32 bits per heavy atom. The standard InChI is InChI=1S/C16H18N2O4/c1-11(9-22-10-19)7-12(2)15-6-4-13-3-5-14(18(20)21)8-16(13)17-15/h3-6,8,10-12H,7,9H2,1-2H3. The Labute approximate surface area is 128 Å². The zero-order valence-electron chi connectivity index (χ0n) is 12.6. The number of nitro groups is 1. The number of non-ortho nitro benzene ring substituents is 1. The third-order valence-corrected chi connectivity index (χ3v) is 3.62. The lowest BCUT2D eigenvalue weighted by molar-refractivity contribution is -0.384. The van der Waals surface area contributed by atoms with Crippen LogP contribution in [0.4, 0.5) is 5.69 Å². The number of benzene rings is 1. The molecular weight excluding hydrogens is 284 g/mol. The van der Waals surface area contributed by atoms with Crippen molar-refractivity contribution in [2.75, 3.05) is 6.61 Å². The molecule has 2 atom stereocenters. The molecule has 0 saturated heterocycles. The van der Waals surface area contributed by atoms with E-state index < -0.39 is 4.92 Å². The first-order valence-electron chi connectivity index (χ1n) is 7.11. The van der Waals surface area contributed by atoms with Crippen LogP contribution in [-0.4, -0.2) is 23.0 Å². The molecule has 0 radical (unpaired) electrons. The van der Waals surface area contributed by atoms with Gasteiger partial charge >= 0.3 is 0 Å². The van der Waals surface area contributed by atoms with E-state index in [2.05, 4.69) is 4.98 Å². The van der Waals surface area contributed by atoms with Gasteiger partial charge in [-0.05, 0) is 30.4 Å². The molecule has 6 heteroatoms. The van der Waals surface area contributed by atoms with Crippen LogP contribution in [0.25, 0.3) is 10.9 Å². The maximum Gasteiger partial charge on any atom is 0.293 e. The summed E-state index contributed by atoms with van der Waals surface area (Å²) in [4.78, 5) is 25.2. The van der Waals surface area contributed by atoms with Crippen molar-refractivity contribution in [2.45, 2.75) is 26.2 Å². The monoisotopic (exact) mass is 302 g/mol. The van der Waals surface area contributed by atoms with Crippen molar-refractivity contribution in [3.05, 3.63) is 46.1 Å². The fourth-order valence-electron chi connectivity index (χ4n) is 2.51. The Morgan fingerprint density at radius 3 is 2.73 bits per heavy atom. The molecule has 1 aromatic heterocycles. The number of pyridine rings is 1. The predicted molar refractivity (Wildman–Crippen MR) is 82.6 cm³/mol. The highest BCUT2D eigenvalue weighted by molar-refractivity contribution is 5.81. The van der Waals surface area contributed by atoms with Gasteiger partial charge in [0.2, 0.25) is 0 Å². The smallest absolute Gasteiger partial charge is 0.293 e. The highest BCUT2D eigenvalue weighted by Gasteiger charge is 2.14. The van der Waals surface area contributed by atoms with E-state index in [1.165, 1.54) is 12.1 Å². The van der Waals surface area contributed by atoms with Crippen LogP contribution >= 0.6 is 0 Å². The minimum absolute atomic E-state index is 0.0394. The Balaban J connectivity index is 2.20. The summed E-state index contributed by atoms with van der Waals surface area (Å²) in [6.45, 7) is 4.89. The van der Waals surface area contributed by atoms with E-state index in [4.69, 9.17) is 4.74 Å². The van der Waals surface area contributed by atoms with Gasteiger partial charge < -0.3 is 4.74 Å². The molecule has 0 aliphatic rings. The maximum atomic E-state index is 10.8. The maximum absolute atomic E-state index is 10.8. The molecule has 0 aliphatic heterocycles. The van der Waals surface area contributed by atoms with Crippen molar-refractivity contribution in [1.82, 2.24) is 4.98 Å².